The fourth-order valence-corrected chi connectivity index (χ4v) is 3.66. The number of rotatable bonds is 11. The second-order valence-corrected chi connectivity index (χ2v) is 10.1. The number of methoxy groups -OCH3 is 1. The number of benzene rings is 3. The van der Waals surface area contributed by atoms with Gasteiger partial charge < -0.3 is 23.7 Å². The standard InChI is InChI=1S/C36H34O9/c1-10-23(8)36(40)43-30-17-24(25-12-15-28(41-9)31(18-25)44-34(38)21(4)5)11-14-27(30)26-13-16-29(42-33(37)20(2)3)32(19-26)45-35(39)22(6)7/h10-19H,2,4,6H2,1,3,5,7-9H3/b23-10+. The van der Waals surface area contributed by atoms with Gasteiger partial charge in [-0.1, -0.05) is 50.1 Å². The highest BCUT2D eigenvalue weighted by Crippen LogP contribution is 2.41. The van der Waals surface area contributed by atoms with Crippen LogP contribution in [0.25, 0.3) is 22.3 Å². The summed E-state index contributed by atoms with van der Waals surface area (Å²) in [6.45, 7) is 18.6. The molecule has 0 aromatic heterocycles. The quantitative estimate of drug-likeness (QED) is 0.125. The van der Waals surface area contributed by atoms with Crippen molar-refractivity contribution < 1.29 is 42.9 Å². The summed E-state index contributed by atoms with van der Waals surface area (Å²) in [4.78, 5) is 49.8. The van der Waals surface area contributed by atoms with Gasteiger partial charge in [0, 0.05) is 27.9 Å². The van der Waals surface area contributed by atoms with E-state index in [4.69, 9.17) is 23.7 Å². The highest BCUT2D eigenvalue weighted by atomic mass is 16.6. The van der Waals surface area contributed by atoms with E-state index in [-0.39, 0.29) is 39.7 Å². The predicted octanol–water partition coefficient (Wildman–Crippen LogP) is 7.35. The average molecular weight is 611 g/mol. The van der Waals surface area contributed by atoms with Gasteiger partial charge in [-0.05, 0) is 81.6 Å². The topological polar surface area (TPSA) is 114 Å². The van der Waals surface area contributed by atoms with Crippen molar-refractivity contribution >= 4 is 23.9 Å². The summed E-state index contributed by atoms with van der Waals surface area (Å²) >= 11 is 0. The molecule has 0 fully saturated rings. The molecule has 0 heterocycles. The maximum absolute atomic E-state index is 12.9. The van der Waals surface area contributed by atoms with E-state index < -0.39 is 23.9 Å². The zero-order valence-electron chi connectivity index (χ0n) is 26.1. The van der Waals surface area contributed by atoms with Crippen molar-refractivity contribution in [2.75, 3.05) is 7.11 Å². The van der Waals surface area contributed by atoms with Crippen LogP contribution in [0.4, 0.5) is 0 Å². The van der Waals surface area contributed by atoms with E-state index >= 15 is 0 Å². The van der Waals surface area contributed by atoms with E-state index in [9.17, 15) is 19.2 Å². The van der Waals surface area contributed by atoms with Crippen molar-refractivity contribution in [1.29, 1.82) is 0 Å². The third-order valence-corrected chi connectivity index (χ3v) is 6.34. The summed E-state index contributed by atoms with van der Waals surface area (Å²) in [5, 5.41) is 0. The number of hydrogen-bond donors (Lipinski definition) is 0. The third kappa shape index (κ3) is 8.45. The van der Waals surface area contributed by atoms with Gasteiger partial charge >= 0.3 is 23.9 Å². The Bertz CT molecular complexity index is 1760. The summed E-state index contributed by atoms with van der Waals surface area (Å²) in [6, 6.07) is 14.7. The molecule has 0 saturated carbocycles. The normalized spacial score (nSPS) is 10.8. The van der Waals surface area contributed by atoms with Gasteiger partial charge in [0.1, 0.15) is 5.75 Å². The minimum Gasteiger partial charge on any atom is -0.493 e. The molecule has 0 amide bonds. The number of carbonyl (C=O) groups is 4. The summed E-state index contributed by atoms with van der Waals surface area (Å²) in [5.41, 5.74) is 3.07. The minimum atomic E-state index is -0.729. The number of hydrogen-bond acceptors (Lipinski definition) is 9. The molecule has 0 N–H and O–H groups in total. The Morgan fingerprint density at radius 2 is 0.933 bits per heavy atom. The van der Waals surface area contributed by atoms with Crippen LogP contribution >= 0.6 is 0 Å². The zero-order chi connectivity index (χ0) is 33.4. The Hall–Kier alpha value is -5.70. The smallest absolute Gasteiger partial charge is 0.338 e. The van der Waals surface area contributed by atoms with Crippen LogP contribution in [0.1, 0.15) is 34.6 Å². The summed E-state index contributed by atoms with van der Waals surface area (Å²) in [6.07, 6.45) is 1.62. The molecule has 0 saturated heterocycles. The Morgan fingerprint density at radius 3 is 1.44 bits per heavy atom. The summed E-state index contributed by atoms with van der Waals surface area (Å²) in [7, 11) is 1.45. The molecule has 0 atom stereocenters. The summed E-state index contributed by atoms with van der Waals surface area (Å²) < 4.78 is 27.5. The molecule has 0 unspecified atom stereocenters. The first-order chi connectivity index (χ1) is 21.2. The van der Waals surface area contributed by atoms with Crippen LogP contribution in [0.5, 0.6) is 28.7 Å². The van der Waals surface area contributed by atoms with E-state index in [1.54, 1.807) is 62.4 Å². The predicted molar refractivity (Wildman–Crippen MR) is 170 cm³/mol. The second-order valence-electron chi connectivity index (χ2n) is 10.1. The van der Waals surface area contributed by atoms with Gasteiger partial charge in [0.15, 0.2) is 23.0 Å². The van der Waals surface area contributed by atoms with Gasteiger partial charge in [-0.3, -0.25) is 0 Å². The van der Waals surface area contributed by atoms with Crippen LogP contribution in [-0.2, 0) is 19.2 Å². The largest absolute Gasteiger partial charge is 0.493 e. The molecule has 3 aromatic rings. The van der Waals surface area contributed by atoms with Crippen LogP contribution in [0.15, 0.2) is 103 Å². The van der Waals surface area contributed by atoms with Gasteiger partial charge in [-0.2, -0.15) is 0 Å². The lowest BCUT2D eigenvalue weighted by atomic mass is 9.98. The van der Waals surface area contributed by atoms with E-state index in [0.29, 0.717) is 33.6 Å². The van der Waals surface area contributed by atoms with Crippen molar-refractivity contribution in [3.8, 4) is 51.0 Å². The first-order valence-electron chi connectivity index (χ1n) is 13.7. The van der Waals surface area contributed by atoms with Crippen LogP contribution < -0.4 is 23.7 Å². The molecular weight excluding hydrogens is 576 g/mol. The number of allylic oxidation sites excluding steroid dienone is 1. The summed E-state index contributed by atoms with van der Waals surface area (Å²) in [5.74, 6) is -2.00. The van der Waals surface area contributed by atoms with Crippen molar-refractivity contribution in [3.63, 3.8) is 0 Å². The lowest BCUT2D eigenvalue weighted by Crippen LogP contribution is -2.13. The molecule has 0 aliphatic heterocycles. The lowest BCUT2D eigenvalue weighted by Gasteiger charge is -2.16. The van der Waals surface area contributed by atoms with E-state index in [1.165, 1.54) is 40.0 Å². The second kappa shape index (κ2) is 14.7. The average Bonchev–Trinajstić information content (AvgIpc) is 3.01. The van der Waals surface area contributed by atoms with E-state index in [2.05, 4.69) is 19.7 Å². The zero-order valence-corrected chi connectivity index (χ0v) is 26.1. The molecule has 3 rings (SSSR count). The van der Waals surface area contributed by atoms with Crippen LogP contribution in [0.3, 0.4) is 0 Å². The first kappa shape index (κ1) is 33.8. The van der Waals surface area contributed by atoms with E-state index in [0.717, 1.165) is 0 Å². The number of ether oxygens (including phenoxy) is 5. The SMILES string of the molecule is C=C(C)C(=O)Oc1cc(-c2ccc(-c3ccc(OC(=O)C(=C)C)c(OC(=O)C(=C)C)c3)c(OC(=O)/C(C)=C/C)c2)ccc1OC. The fraction of sp³-hybridized carbons (Fsp3) is 0.167. The van der Waals surface area contributed by atoms with E-state index in [1.807, 2.05) is 0 Å². The Labute approximate surface area is 262 Å². The molecule has 232 valence electrons. The molecular formula is C36H34O9. The molecule has 0 aliphatic carbocycles. The minimum absolute atomic E-state index is 0.0173. The molecule has 0 radical (unpaired) electrons. The van der Waals surface area contributed by atoms with Gasteiger partial charge in [0.05, 0.1) is 7.11 Å². The Kier molecular flexibility index (Phi) is 11.0. The Balaban J connectivity index is 2.19. The molecule has 9 nitrogen and oxygen atoms in total. The van der Waals surface area contributed by atoms with Gasteiger partial charge in [-0.25, -0.2) is 19.2 Å². The fourth-order valence-electron chi connectivity index (χ4n) is 3.66. The molecule has 0 aliphatic rings. The lowest BCUT2D eigenvalue weighted by molar-refractivity contribution is -0.132. The van der Waals surface area contributed by atoms with Crippen molar-refractivity contribution in [2.45, 2.75) is 34.6 Å². The van der Waals surface area contributed by atoms with Crippen molar-refractivity contribution in [2.24, 2.45) is 0 Å². The number of esters is 4. The third-order valence-electron chi connectivity index (χ3n) is 6.34. The number of carbonyl (C=O) groups excluding carboxylic acids is 4. The molecule has 45 heavy (non-hydrogen) atoms. The molecule has 0 bridgehead atoms. The van der Waals surface area contributed by atoms with Gasteiger partial charge in [0.2, 0.25) is 0 Å². The monoisotopic (exact) mass is 610 g/mol. The van der Waals surface area contributed by atoms with Crippen LogP contribution in [-0.4, -0.2) is 31.0 Å². The first-order valence-corrected chi connectivity index (χ1v) is 13.7. The maximum atomic E-state index is 12.9. The molecule has 9 heteroatoms. The van der Waals surface area contributed by atoms with Crippen LogP contribution in [0.2, 0.25) is 0 Å². The van der Waals surface area contributed by atoms with Crippen molar-refractivity contribution in [1.82, 2.24) is 0 Å². The van der Waals surface area contributed by atoms with Crippen LogP contribution in [0, 0.1) is 0 Å². The Morgan fingerprint density at radius 1 is 0.533 bits per heavy atom. The molecule has 3 aromatic carbocycles. The molecule has 0 spiro atoms. The van der Waals surface area contributed by atoms with Gasteiger partial charge in [-0.15, -0.1) is 0 Å². The maximum Gasteiger partial charge on any atom is 0.338 e. The highest BCUT2D eigenvalue weighted by Gasteiger charge is 2.20. The van der Waals surface area contributed by atoms with Crippen molar-refractivity contribution in [3.05, 3.63) is 103 Å². The highest BCUT2D eigenvalue weighted by molar-refractivity contribution is 5.93. The van der Waals surface area contributed by atoms with Gasteiger partial charge in [0.25, 0.3) is 0 Å².